The van der Waals surface area contributed by atoms with Crippen LogP contribution in [-0.2, 0) is 19.1 Å². The molecule has 0 amide bonds. The van der Waals surface area contributed by atoms with Gasteiger partial charge in [0.15, 0.2) is 0 Å². The standard InChI is InChI=1S/C4H4O3.C4H8O2/c5-3-1-2-4(6)7-3;5-3-1-2-4-6/h1-2H2;3,6H,1-2,4H2. The Hall–Kier alpha value is -1.23. The number of rotatable bonds is 3. The number of carbonyl (C=O) groups excluding carboxylic acids is 3. The summed E-state index contributed by atoms with van der Waals surface area (Å²) in [5.74, 6) is -0.796. The highest BCUT2D eigenvalue weighted by molar-refractivity contribution is 5.92. The molecule has 0 unspecified atom stereocenters. The predicted molar refractivity (Wildman–Crippen MR) is 42.7 cm³/mol. The Bertz CT molecular complexity index is 173. The van der Waals surface area contributed by atoms with Crippen LogP contribution in [0.4, 0.5) is 0 Å². The van der Waals surface area contributed by atoms with Crippen molar-refractivity contribution in [3.05, 3.63) is 0 Å². The van der Waals surface area contributed by atoms with Gasteiger partial charge in [0, 0.05) is 13.0 Å². The van der Waals surface area contributed by atoms with E-state index < -0.39 is 11.9 Å². The SMILES string of the molecule is O=C1CCC(=O)O1.O=CCCCO. The highest BCUT2D eigenvalue weighted by Crippen LogP contribution is 2.03. The smallest absolute Gasteiger partial charge is 0.314 e. The normalized spacial score (nSPS) is 14.5. The Kier molecular flexibility index (Phi) is 6.72. The van der Waals surface area contributed by atoms with Crippen LogP contribution in [0.3, 0.4) is 0 Å². The lowest BCUT2D eigenvalue weighted by atomic mass is 10.4. The molecule has 1 aliphatic rings. The summed E-state index contributed by atoms with van der Waals surface area (Å²) in [6.45, 7) is 0.124. The van der Waals surface area contributed by atoms with Crippen molar-refractivity contribution in [2.45, 2.75) is 25.7 Å². The van der Waals surface area contributed by atoms with Crippen LogP contribution in [0.5, 0.6) is 0 Å². The summed E-state index contributed by atoms with van der Waals surface area (Å²) in [4.78, 5) is 29.5. The van der Waals surface area contributed by atoms with Gasteiger partial charge >= 0.3 is 11.9 Å². The zero-order chi connectivity index (χ0) is 10.1. The summed E-state index contributed by atoms with van der Waals surface area (Å²) in [5, 5.41) is 8.04. The molecule has 1 aliphatic heterocycles. The molecule has 0 atom stereocenters. The molecular formula is C8H12O5. The lowest BCUT2D eigenvalue weighted by Gasteiger charge is -1.79. The molecule has 0 aromatic carbocycles. The Morgan fingerprint density at radius 3 is 2.00 bits per heavy atom. The van der Waals surface area contributed by atoms with Gasteiger partial charge < -0.3 is 14.6 Å². The molecule has 0 spiro atoms. The number of esters is 2. The van der Waals surface area contributed by atoms with Gasteiger partial charge in [0.25, 0.3) is 0 Å². The Morgan fingerprint density at radius 2 is 1.85 bits per heavy atom. The molecule has 1 heterocycles. The number of aliphatic hydroxyl groups is 1. The summed E-state index contributed by atoms with van der Waals surface area (Å²) in [6.07, 6.45) is 2.41. The van der Waals surface area contributed by atoms with Crippen LogP contribution in [-0.4, -0.2) is 29.9 Å². The van der Waals surface area contributed by atoms with E-state index in [2.05, 4.69) is 4.74 Å². The number of hydrogen-bond donors (Lipinski definition) is 1. The van der Waals surface area contributed by atoms with Gasteiger partial charge in [-0.25, -0.2) is 0 Å². The number of ether oxygens (including phenoxy) is 1. The molecule has 0 aromatic rings. The van der Waals surface area contributed by atoms with Crippen LogP contribution in [0, 0.1) is 0 Å². The highest BCUT2D eigenvalue weighted by Gasteiger charge is 2.19. The Morgan fingerprint density at radius 1 is 1.31 bits per heavy atom. The molecule has 5 heteroatoms. The summed E-state index contributed by atoms with van der Waals surface area (Å²) >= 11 is 0. The number of carbonyl (C=O) groups is 3. The van der Waals surface area contributed by atoms with E-state index in [1.54, 1.807) is 0 Å². The molecule has 1 rings (SSSR count). The summed E-state index contributed by atoms with van der Waals surface area (Å²) in [7, 11) is 0. The first-order chi connectivity index (χ1) is 6.20. The molecule has 0 radical (unpaired) electrons. The van der Waals surface area contributed by atoms with E-state index in [4.69, 9.17) is 5.11 Å². The minimum absolute atomic E-state index is 0.124. The lowest BCUT2D eigenvalue weighted by Crippen LogP contribution is -1.94. The number of unbranched alkanes of at least 4 members (excludes halogenated alkanes) is 1. The van der Waals surface area contributed by atoms with Crippen molar-refractivity contribution in [3.8, 4) is 0 Å². The van der Waals surface area contributed by atoms with Gasteiger partial charge in [0.2, 0.25) is 0 Å². The van der Waals surface area contributed by atoms with E-state index in [0.717, 1.165) is 6.29 Å². The van der Waals surface area contributed by atoms with E-state index >= 15 is 0 Å². The van der Waals surface area contributed by atoms with Crippen molar-refractivity contribution in [2.24, 2.45) is 0 Å². The summed E-state index contributed by atoms with van der Waals surface area (Å²) < 4.78 is 4.08. The molecule has 1 N–H and O–H groups in total. The van der Waals surface area contributed by atoms with Crippen LogP contribution in [0.15, 0.2) is 0 Å². The fourth-order valence-corrected chi connectivity index (χ4v) is 0.608. The molecule has 13 heavy (non-hydrogen) atoms. The molecule has 1 fully saturated rings. The second-order valence-electron chi connectivity index (χ2n) is 2.38. The fraction of sp³-hybridized carbons (Fsp3) is 0.625. The van der Waals surface area contributed by atoms with E-state index in [0.29, 0.717) is 12.8 Å². The van der Waals surface area contributed by atoms with E-state index in [9.17, 15) is 14.4 Å². The molecule has 0 aliphatic carbocycles. The molecule has 74 valence electrons. The highest BCUT2D eigenvalue weighted by atomic mass is 16.6. The minimum atomic E-state index is -0.398. The first kappa shape index (κ1) is 11.8. The van der Waals surface area contributed by atoms with Crippen molar-refractivity contribution in [1.82, 2.24) is 0 Å². The molecule has 0 bridgehead atoms. The van der Waals surface area contributed by atoms with Crippen molar-refractivity contribution in [1.29, 1.82) is 0 Å². The molecule has 1 saturated heterocycles. The van der Waals surface area contributed by atoms with Crippen molar-refractivity contribution < 1.29 is 24.2 Å². The Labute approximate surface area is 75.7 Å². The molecule has 0 aromatic heterocycles. The lowest BCUT2D eigenvalue weighted by molar-refractivity contribution is -0.152. The first-order valence-electron chi connectivity index (χ1n) is 3.98. The van der Waals surface area contributed by atoms with Gasteiger partial charge in [0.1, 0.15) is 6.29 Å². The van der Waals surface area contributed by atoms with Gasteiger partial charge in [-0.15, -0.1) is 0 Å². The maximum absolute atomic E-state index is 10.0. The summed E-state index contributed by atoms with van der Waals surface area (Å²) in [6, 6.07) is 0. The quantitative estimate of drug-likeness (QED) is 0.287. The van der Waals surface area contributed by atoms with Crippen LogP contribution in [0.2, 0.25) is 0 Å². The third-order valence-electron chi connectivity index (χ3n) is 1.24. The van der Waals surface area contributed by atoms with Gasteiger partial charge in [-0.1, -0.05) is 0 Å². The van der Waals surface area contributed by atoms with Crippen LogP contribution >= 0.6 is 0 Å². The van der Waals surface area contributed by atoms with Gasteiger partial charge in [-0.3, -0.25) is 9.59 Å². The average Bonchev–Trinajstić information content (AvgIpc) is 2.47. The van der Waals surface area contributed by atoms with E-state index in [-0.39, 0.29) is 19.4 Å². The van der Waals surface area contributed by atoms with Crippen molar-refractivity contribution >= 4 is 18.2 Å². The first-order valence-corrected chi connectivity index (χ1v) is 3.98. The third kappa shape index (κ3) is 7.14. The zero-order valence-corrected chi connectivity index (χ0v) is 7.19. The zero-order valence-electron chi connectivity index (χ0n) is 7.19. The fourth-order valence-electron chi connectivity index (χ4n) is 0.608. The molecule has 0 saturated carbocycles. The Balaban J connectivity index is 0.000000226. The van der Waals surface area contributed by atoms with Crippen LogP contribution in [0.25, 0.3) is 0 Å². The largest absolute Gasteiger partial charge is 0.396 e. The van der Waals surface area contributed by atoms with Gasteiger partial charge in [-0.05, 0) is 6.42 Å². The minimum Gasteiger partial charge on any atom is -0.396 e. The second kappa shape index (κ2) is 7.42. The van der Waals surface area contributed by atoms with Crippen LogP contribution < -0.4 is 0 Å². The topological polar surface area (TPSA) is 80.7 Å². The molecular weight excluding hydrogens is 176 g/mol. The third-order valence-corrected chi connectivity index (χ3v) is 1.24. The number of aliphatic hydroxyl groups excluding tert-OH is 1. The number of aldehydes is 1. The maximum atomic E-state index is 10.0. The van der Waals surface area contributed by atoms with Crippen molar-refractivity contribution in [2.75, 3.05) is 6.61 Å². The van der Waals surface area contributed by atoms with Gasteiger partial charge in [-0.2, -0.15) is 0 Å². The number of hydrogen-bond acceptors (Lipinski definition) is 5. The second-order valence-corrected chi connectivity index (χ2v) is 2.38. The number of cyclic esters (lactones) is 2. The average molecular weight is 188 g/mol. The van der Waals surface area contributed by atoms with Crippen LogP contribution in [0.1, 0.15) is 25.7 Å². The van der Waals surface area contributed by atoms with E-state index in [1.165, 1.54) is 0 Å². The summed E-state index contributed by atoms with van der Waals surface area (Å²) in [5.41, 5.74) is 0. The van der Waals surface area contributed by atoms with Crippen molar-refractivity contribution in [3.63, 3.8) is 0 Å². The van der Waals surface area contributed by atoms with Gasteiger partial charge in [0.05, 0.1) is 12.8 Å². The maximum Gasteiger partial charge on any atom is 0.314 e. The monoisotopic (exact) mass is 188 g/mol. The molecule has 5 nitrogen and oxygen atoms in total. The predicted octanol–water partition coefficient (Wildman–Crippen LogP) is -0.192. The van der Waals surface area contributed by atoms with E-state index in [1.807, 2.05) is 0 Å².